The molecule has 2 aromatic heterocycles. The fraction of sp³-hybridized carbons (Fsp3) is 0.318. The highest BCUT2D eigenvalue weighted by atomic mass is 35.5. The van der Waals surface area contributed by atoms with E-state index in [4.69, 9.17) is 21.1 Å². The zero-order valence-electron chi connectivity index (χ0n) is 17.6. The van der Waals surface area contributed by atoms with Gasteiger partial charge in [0.25, 0.3) is 5.56 Å². The normalized spacial score (nSPS) is 11.8. The summed E-state index contributed by atoms with van der Waals surface area (Å²) in [6, 6.07) is 10.9. The van der Waals surface area contributed by atoms with E-state index in [1.165, 1.54) is 6.20 Å². The molecule has 0 fully saturated rings. The van der Waals surface area contributed by atoms with Gasteiger partial charge in [0.05, 0.1) is 36.7 Å². The highest BCUT2D eigenvalue weighted by molar-refractivity contribution is 6.31. The lowest BCUT2D eigenvalue weighted by Crippen LogP contribution is -2.25. The molecule has 1 aromatic carbocycles. The topological polar surface area (TPSA) is 101 Å². The maximum absolute atomic E-state index is 12.7. The maximum atomic E-state index is 12.7. The number of nitrogens with zero attached hydrogens (tertiary/aromatic N) is 3. The number of nitrogens with one attached hydrogen (secondary N) is 2. The molecule has 2 N–H and O–H groups in total. The van der Waals surface area contributed by atoms with E-state index in [1.54, 1.807) is 30.9 Å². The quantitative estimate of drug-likeness (QED) is 0.386. The van der Waals surface area contributed by atoms with Crippen molar-refractivity contribution >= 4 is 39.6 Å². The molecule has 0 saturated carbocycles. The average Bonchev–Trinajstić information content (AvgIpc) is 2.75. The number of rotatable bonds is 9. The van der Waals surface area contributed by atoms with Gasteiger partial charge in [-0.1, -0.05) is 23.7 Å². The first-order valence-electron chi connectivity index (χ1n) is 9.73. The van der Waals surface area contributed by atoms with Crippen LogP contribution in [0.25, 0.3) is 10.9 Å². The van der Waals surface area contributed by atoms with Gasteiger partial charge in [0.2, 0.25) is 0 Å². The van der Waals surface area contributed by atoms with Gasteiger partial charge < -0.3 is 24.7 Å². The third-order valence-electron chi connectivity index (χ3n) is 4.75. The van der Waals surface area contributed by atoms with E-state index in [1.807, 2.05) is 25.1 Å². The molecule has 0 bridgehead atoms. The number of para-hydroxylation sites is 1. The van der Waals surface area contributed by atoms with Crippen LogP contribution in [0.15, 0.2) is 41.3 Å². The minimum Gasteiger partial charge on any atom is -0.382 e. The van der Waals surface area contributed by atoms with Crippen molar-refractivity contribution in [3.63, 3.8) is 0 Å². The molecule has 9 heteroatoms. The Balaban J connectivity index is 1.98. The average molecular weight is 442 g/mol. The second kappa shape index (κ2) is 10.3. The van der Waals surface area contributed by atoms with Crippen molar-refractivity contribution < 1.29 is 9.47 Å². The molecule has 2 heterocycles. The van der Waals surface area contributed by atoms with Gasteiger partial charge in [0, 0.05) is 43.5 Å². The highest BCUT2D eigenvalue weighted by Gasteiger charge is 2.15. The fourth-order valence-electron chi connectivity index (χ4n) is 3.25. The first-order chi connectivity index (χ1) is 15.0. The van der Waals surface area contributed by atoms with Gasteiger partial charge in [-0.15, -0.1) is 0 Å². The van der Waals surface area contributed by atoms with E-state index >= 15 is 0 Å². The molecule has 0 spiro atoms. The SMILES string of the molecule is COCCOCC(C)Nc1cc(=O)n(C)c2c(Nc3ccnc(Cl)c3C#N)cccc12. The Morgan fingerprint density at radius 3 is 2.81 bits per heavy atom. The van der Waals surface area contributed by atoms with Crippen molar-refractivity contribution in [2.45, 2.75) is 13.0 Å². The number of fused-ring (bicyclic) bond motifs is 1. The standard InChI is InChI=1S/C22H24ClN5O3/c1-14(13-31-10-9-30-3)26-19-11-20(29)28(2)21-15(19)5-4-6-18(21)27-17-7-8-25-22(23)16(17)12-24/h4-8,11,14,26H,9-10,13H2,1-3H3,(H,25,27). The monoisotopic (exact) mass is 441 g/mol. The molecule has 0 aliphatic rings. The summed E-state index contributed by atoms with van der Waals surface area (Å²) in [6.07, 6.45) is 1.52. The number of benzene rings is 1. The molecule has 1 atom stereocenters. The van der Waals surface area contributed by atoms with Gasteiger partial charge >= 0.3 is 0 Å². The predicted molar refractivity (Wildman–Crippen MR) is 122 cm³/mol. The summed E-state index contributed by atoms with van der Waals surface area (Å²) in [6.45, 7) is 3.49. The summed E-state index contributed by atoms with van der Waals surface area (Å²) < 4.78 is 12.1. The van der Waals surface area contributed by atoms with Crippen LogP contribution < -0.4 is 16.2 Å². The van der Waals surface area contributed by atoms with Gasteiger partial charge in [-0.05, 0) is 19.1 Å². The summed E-state index contributed by atoms with van der Waals surface area (Å²) in [5, 5.41) is 17.0. The van der Waals surface area contributed by atoms with Crippen molar-refractivity contribution in [2.24, 2.45) is 7.05 Å². The number of pyridine rings is 2. The van der Waals surface area contributed by atoms with Crippen molar-refractivity contribution in [3.8, 4) is 6.07 Å². The molecule has 0 radical (unpaired) electrons. The number of halogens is 1. The molecule has 3 aromatic rings. The fourth-order valence-corrected chi connectivity index (χ4v) is 3.45. The number of hydrogen-bond acceptors (Lipinski definition) is 7. The summed E-state index contributed by atoms with van der Waals surface area (Å²) in [7, 11) is 3.34. The van der Waals surface area contributed by atoms with Gasteiger partial charge in [0.1, 0.15) is 16.8 Å². The van der Waals surface area contributed by atoms with Gasteiger partial charge in [-0.2, -0.15) is 5.26 Å². The van der Waals surface area contributed by atoms with Crippen LogP contribution in [0.3, 0.4) is 0 Å². The lowest BCUT2D eigenvalue weighted by Gasteiger charge is -2.20. The van der Waals surface area contributed by atoms with E-state index in [-0.39, 0.29) is 22.3 Å². The van der Waals surface area contributed by atoms with Crippen LogP contribution in [-0.2, 0) is 16.5 Å². The van der Waals surface area contributed by atoms with Crippen LogP contribution in [0.5, 0.6) is 0 Å². The van der Waals surface area contributed by atoms with E-state index in [0.717, 1.165) is 5.39 Å². The number of hydrogen-bond donors (Lipinski definition) is 2. The molecular weight excluding hydrogens is 418 g/mol. The van der Waals surface area contributed by atoms with Gasteiger partial charge in [-0.3, -0.25) is 4.79 Å². The Morgan fingerprint density at radius 1 is 1.26 bits per heavy atom. The second-order valence-corrected chi connectivity index (χ2v) is 7.39. The Labute approximate surface area is 185 Å². The minimum atomic E-state index is -0.162. The zero-order valence-corrected chi connectivity index (χ0v) is 18.4. The number of nitriles is 1. The summed E-state index contributed by atoms with van der Waals surface area (Å²) in [5.74, 6) is 0. The van der Waals surface area contributed by atoms with Crippen molar-refractivity contribution in [3.05, 3.63) is 57.6 Å². The molecular formula is C22H24ClN5O3. The van der Waals surface area contributed by atoms with Crippen LogP contribution in [0, 0.1) is 11.3 Å². The number of aromatic nitrogens is 2. The van der Waals surface area contributed by atoms with Crippen LogP contribution in [0.4, 0.5) is 17.1 Å². The molecule has 3 rings (SSSR count). The third-order valence-corrected chi connectivity index (χ3v) is 5.03. The minimum absolute atomic E-state index is 0.0204. The second-order valence-electron chi connectivity index (χ2n) is 7.03. The molecule has 31 heavy (non-hydrogen) atoms. The zero-order chi connectivity index (χ0) is 22.4. The van der Waals surface area contributed by atoms with E-state index in [9.17, 15) is 10.1 Å². The van der Waals surface area contributed by atoms with Crippen LogP contribution in [-0.4, -0.2) is 42.5 Å². The smallest absolute Gasteiger partial charge is 0.252 e. The summed E-state index contributed by atoms with van der Waals surface area (Å²) in [4.78, 5) is 16.6. The Kier molecular flexibility index (Phi) is 7.47. The first kappa shape index (κ1) is 22.6. The molecule has 0 aliphatic carbocycles. The van der Waals surface area contributed by atoms with Crippen molar-refractivity contribution in [2.75, 3.05) is 37.6 Å². The Bertz CT molecular complexity index is 1170. The number of anilines is 3. The number of aryl methyl sites for hydroxylation is 1. The van der Waals surface area contributed by atoms with Crippen LogP contribution in [0.2, 0.25) is 5.15 Å². The molecule has 8 nitrogen and oxygen atoms in total. The predicted octanol–water partition coefficient (Wildman–Crippen LogP) is 3.67. The lowest BCUT2D eigenvalue weighted by atomic mass is 10.1. The molecule has 0 amide bonds. The van der Waals surface area contributed by atoms with Crippen molar-refractivity contribution in [1.82, 2.24) is 9.55 Å². The highest BCUT2D eigenvalue weighted by Crippen LogP contribution is 2.32. The molecule has 162 valence electrons. The summed E-state index contributed by atoms with van der Waals surface area (Å²) >= 11 is 6.06. The first-order valence-corrected chi connectivity index (χ1v) is 10.1. The van der Waals surface area contributed by atoms with Crippen LogP contribution >= 0.6 is 11.6 Å². The molecule has 0 aliphatic heterocycles. The molecule has 0 saturated heterocycles. The van der Waals surface area contributed by atoms with E-state index in [0.29, 0.717) is 42.4 Å². The maximum Gasteiger partial charge on any atom is 0.252 e. The van der Waals surface area contributed by atoms with Gasteiger partial charge in [-0.25, -0.2) is 4.98 Å². The van der Waals surface area contributed by atoms with E-state index in [2.05, 4.69) is 21.7 Å². The Hall–Kier alpha value is -3.12. The van der Waals surface area contributed by atoms with E-state index < -0.39 is 0 Å². The largest absolute Gasteiger partial charge is 0.382 e. The lowest BCUT2D eigenvalue weighted by molar-refractivity contribution is 0.0677. The number of ether oxygens (including phenoxy) is 2. The van der Waals surface area contributed by atoms with Gasteiger partial charge in [0.15, 0.2) is 0 Å². The molecule has 1 unspecified atom stereocenters. The summed E-state index contributed by atoms with van der Waals surface area (Å²) in [5.41, 5.74) is 2.66. The third kappa shape index (κ3) is 5.14. The number of methoxy groups -OCH3 is 1. The van der Waals surface area contributed by atoms with Crippen molar-refractivity contribution in [1.29, 1.82) is 5.26 Å². The Morgan fingerprint density at radius 2 is 2.06 bits per heavy atom. The van der Waals surface area contributed by atoms with Crippen LogP contribution in [0.1, 0.15) is 12.5 Å².